The zero-order chi connectivity index (χ0) is 11.1. The summed E-state index contributed by atoms with van der Waals surface area (Å²) in [4.78, 5) is 1.52. The van der Waals surface area contributed by atoms with E-state index in [4.69, 9.17) is 0 Å². The molecule has 1 heteroatoms. The topological polar surface area (TPSA) is 0 Å². The Kier molecular flexibility index (Phi) is 2.22. The summed E-state index contributed by atoms with van der Waals surface area (Å²) in [5, 5.41) is 4.17. The van der Waals surface area contributed by atoms with Crippen molar-refractivity contribution in [2.24, 2.45) is 0 Å². The van der Waals surface area contributed by atoms with E-state index in [0.29, 0.717) is 0 Å². The van der Waals surface area contributed by atoms with Gasteiger partial charge in [-0.05, 0) is 35.1 Å². The molecule has 0 amide bonds. The molecule has 0 fully saturated rings. The van der Waals surface area contributed by atoms with E-state index < -0.39 is 0 Å². The lowest BCUT2D eigenvalue weighted by Crippen LogP contribution is -1.76. The van der Waals surface area contributed by atoms with Crippen molar-refractivity contribution >= 4 is 32.2 Å². The molecule has 0 spiro atoms. The second-order valence-electron chi connectivity index (χ2n) is 4.17. The van der Waals surface area contributed by atoms with Crippen LogP contribution in [0.5, 0.6) is 0 Å². The maximum absolute atomic E-state index is 2.27. The van der Waals surface area contributed by atoms with Crippen LogP contribution in [0.25, 0.3) is 20.9 Å². The lowest BCUT2D eigenvalue weighted by Gasteiger charge is -1.98. The molecule has 1 aromatic heterocycles. The second-order valence-corrected chi connectivity index (χ2v) is 5.27. The Morgan fingerprint density at radius 1 is 1.00 bits per heavy atom. The molecule has 2 aromatic carbocycles. The number of hydrogen-bond acceptors (Lipinski definition) is 1. The minimum absolute atomic E-state index is 1.14. The van der Waals surface area contributed by atoms with Crippen molar-refractivity contribution in [3.63, 3.8) is 0 Å². The molecule has 80 valence electrons. The third kappa shape index (κ3) is 1.28. The summed E-state index contributed by atoms with van der Waals surface area (Å²) in [6, 6.07) is 13.2. The fourth-order valence-electron chi connectivity index (χ4n) is 2.34. The van der Waals surface area contributed by atoms with Crippen molar-refractivity contribution in [3.05, 3.63) is 46.8 Å². The fourth-order valence-corrected chi connectivity index (χ4v) is 3.62. The molecule has 0 saturated heterocycles. The molecule has 0 bridgehead atoms. The minimum atomic E-state index is 1.14. The molecule has 1 heterocycles. The number of rotatable bonds is 1. The van der Waals surface area contributed by atoms with E-state index in [-0.39, 0.29) is 0 Å². The van der Waals surface area contributed by atoms with E-state index in [1.165, 1.54) is 31.3 Å². The number of thiophene rings is 1. The van der Waals surface area contributed by atoms with Crippen molar-refractivity contribution in [1.29, 1.82) is 0 Å². The first-order valence-electron chi connectivity index (χ1n) is 5.71. The molecule has 0 saturated carbocycles. The summed E-state index contributed by atoms with van der Waals surface area (Å²) in [6.07, 6.45) is 1.14. The van der Waals surface area contributed by atoms with Gasteiger partial charge in [-0.25, -0.2) is 0 Å². The quantitative estimate of drug-likeness (QED) is 0.552. The molecule has 0 unspecified atom stereocenters. The van der Waals surface area contributed by atoms with Crippen LogP contribution in [0.15, 0.2) is 36.4 Å². The van der Waals surface area contributed by atoms with Crippen molar-refractivity contribution in [3.8, 4) is 0 Å². The molecule has 3 aromatic rings. The number of fused-ring (bicyclic) bond motifs is 3. The SMILES string of the molecule is CCc1sc2c(ccc3ccccc32)c1C. The van der Waals surface area contributed by atoms with Gasteiger partial charge in [-0.1, -0.05) is 43.3 Å². The van der Waals surface area contributed by atoms with Gasteiger partial charge < -0.3 is 0 Å². The summed E-state index contributed by atoms with van der Waals surface area (Å²) < 4.78 is 1.45. The van der Waals surface area contributed by atoms with Crippen LogP contribution in [0, 0.1) is 6.92 Å². The molecular weight excluding hydrogens is 212 g/mol. The van der Waals surface area contributed by atoms with Gasteiger partial charge in [0, 0.05) is 9.58 Å². The smallest absolute Gasteiger partial charge is 0.0426 e. The van der Waals surface area contributed by atoms with Gasteiger partial charge in [0.25, 0.3) is 0 Å². The van der Waals surface area contributed by atoms with Gasteiger partial charge >= 0.3 is 0 Å². The average molecular weight is 226 g/mol. The average Bonchev–Trinajstić information content (AvgIpc) is 2.67. The highest BCUT2D eigenvalue weighted by Gasteiger charge is 2.08. The lowest BCUT2D eigenvalue weighted by molar-refractivity contribution is 1.16. The predicted molar refractivity (Wildman–Crippen MR) is 73.4 cm³/mol. The highest BCUT2D eigenvalue weighted by atomic mass is 32.1. The summed E-state index contributed by atoms with van der Waals surface area (Å²) in [7, 11) is 0. The van der Waals surface area contributed by atoms with Crippen LogP contribution < -0.4 is 0 Å². The predicted octanol–water partition coefficient (Wildman–Crippen LogP) is 4.93. The minimum Gasteiger partial charge on any atom is -0.139 e. The highest BCUT2D eigenvalue weighted by Crippen LogP contribution is 2.36. The molecule has 0 aliphatic heterocycles. The second kappa shape index (κ2) is 3.60. The molecule has 0 atom stereocenters. The number of benzene rings is 2. The van der Waals surface area contributed by atoms with Gasteiger partial charge in [-0.3, -0.25) is 0 Å². The monoisotopic (exact) mass is 226 g/mol. The Morgan fingerprint density at radius 2 is 1.81 bits per heavy atom. The first kappa shape index (κ1) is 9.86. The van der Waals surface area contributed by atoms with Gasteiger partial charge in [-0.15, -0.1) is 11.3 Å². The van der Waals surface area contributed by atoms with Gasteiger partial charge in [0.1, 0.15) is 0 Å². The molecule has 0 aliphatic rings. The number of aryl methyl sites for hydroxylation is 2. The van der Waals surface area contributed by atoms with Crippen LogP contribution in [-0.4, -0.2) is 0 Å². The normalized spacial score (nSPS) is 11.4. The van der Waals surface area contributed by atoms with Crippen LogP contribution in [0.1, 0.15) is 17.4 Å². The van der Waals surface area contributed by atoms with Crippen molar-refractivity contribution in [2.75, 3.05) is 0 Å². The largest absolute Gasteiger partial charge is 0.139 e. The zero-order valence-corrected chi connectivity index (χ0v) is 10.4. The van der Waals surface area contributed by atoms with Gasteiger partial charge in [0.2, 0.25) is 0 Å². The van der Waals surface area contributed by atoms with Crippen LogP contribution >= 0.6 is 11.3 Å². The summed E-state index contributed by atoms with van der Waals surface area (Å²) in [5.41, 5.74) is 1.47. The Balaban J connectivity index is 2.51. The van der Waals surface area contributed by atoms with Crippen LogP contribution in [0.4, 0.5) is 0 Å². The maximum atomic E-state index is 2.27. The Bertz CT molecular complexity index is 662. The molecule has 0 aliphatic carbocycles. The van der Waals surface area contributed by atoms with Crippen LogP contribution in [-0.2, 0) is 6.42 Å². The van der Waals surface area contributed by atoms with Gasteiger partial charge in [0.15, 0.2) is 0 Å². The van der Waals surface area contributed by atoms with E-state index >= 15 is 0 Å². The number of hydrogen-bond donors (Lipinski definition) is 0. The van der Waals surface area contributed by atoms with Crippen molar-refractivity contribution in [1.82, 2.24) is 0 Å². The van der Waals surface area contributed by atoms with Gasteiger partial charge in [-0.2, -0.15) is 0 Å². The van der Waals surface area contributed by atoms with Crippen molar-refractivity contribution < 1.29 is 0 Å². The maximum Gasteiger partial charge on any atom is 0.0426 e. The third-order valence-corrected chi connectivity index (χ3v) is 4.73. The molecule has 0 radical (unpaired) electrons. The van der Waals surface area contributed by atoms with Gasteiger partial charge in [0.05, 0.1) is 0 Å². The van der Waals surface area contributed by atoms with E-state index in [1.54, 1.807) is 0 Å². The van der Waals surface area contributed by atoms with Crippen molar-refractivity contribution in [2.45, 2.75) is 20.3 Å². The molecule has 3 rings (SSSR count). The Hall–Kier alpha value is -1.34. The van der Waals surface area contributed by atoms with E-state index in [1.807, 2.05) is 11.3 Å². The molecule has 0 N–H and O–H groups in total. The first-order valence-corrected chi connectivity index (χ1v) is 6.52. The summed E-state index contributed by atoms with van der Waals surface area (Å²) in [5.74, 6) is 0. The van der Waals surface area contributed by atoms with Crippen LogP contribution in [0.3, 0.4) is 0 Å². The zero-order valence-electron chi connectivity index (χ0n) is 9.58. The summed E-state index contributed by atoms with van der Waals surface area (Å²) >= 11 is 1.95. The lowest BCUT2D eigenvalue weighted by atomic mass is 10.1. The van der Waals surface area contributed by atoms with E-state index in [2.05, 4.69) is 50.2 Å². The fraction of sp³-hybridized carbons (Fsp3) is 0.200. The standard InChI is InChI=1S/C15H14S/c1-3-14-10(2)12-9-8-11-6-4-5-7-13(11)15(12)16-14/h4-9H,3H2,1-2H3. The summed E-state index contributed by atoms with van der Waals surface area (Å²) in [6.45, 7) is 4.48. The molecule has 0 nitrogen and oxygen atoms in total. The molecular formula is C15H14S. The first-order chi connectivity index (χ1) is 7.81. The molecule has 16 heavy (non-hydrogen) atoms. The Morgan fingerprint density at radius 3 is 2.62 bits per heavy atom. The van der Waals surface area contributed by atoms with Crippen LogP contribution in [0.2, 0.25) is 0 Å². The van der Waals surface area contributed by atoms with E-state index in [9.17, 15) is 0 Å². The Labute approximate surface area is 99.5 Å². The highest BCUT2D eigenvalue weighted by molar-refractivity contribution is 7.20. The van der Waals surface area contributed by atoms with E-state index in [0.717, 1.165) is 6.42 Å². The third-order valence-electron chi connectivity index (χ3n) is 3.25.